The van der Waals surface area contributed by atoms with E-state index in [0.29, 0.717) is 19.1 Å². The highest BCUT2D eigenvalue weighted by Gasteiger charge is 2.22. The zero-order valence-electron chi connectivity index (χ0n) is 19.8. The van der Waals surface area contributed by atoms with Crippen LogP contribution in [0.2, 0.25) is 0 Å². The van der Waals surface area contributed by atoms with Crippen LogP contribution in [0.5, 0.6) is 0 Å². The smallest absolute Gasteiger partial charge is 0.204 e. The third kappa shape index (κ3) is 6.07. The summed E-state index contributed by atoms with van der Waals surface area (Å²) in [7, 11) is 0. The minimum atomic E-state index is -0.217. The van der Waals surface area contributed by atoms with Crippen LogP contribution in [0, 0.1) is 5.82 Å². The SMILES string of the molecule is NCCSCc1ccc(CN2CCC(Nc3nc4ccccc4n3Cc3ccc(F)cc3)CC2)o1. The van der Waals surface area contributed by atoms with E-state index < -0.39 is 0 Å². The highest BCUT2D eigenvalue weighted by Crippen LogP contribution is 2.25. The Morgan fingerprint density at radius 2 is 1.77 bits per heavy atom. The van der Waals surface area contributed by atoms with Gasteiger partial charge in [0.2, 0.25) is 5.95 Å². The van der Waals surface area contributed by atoms with Gasteiger partial charge in [0.1, 0.15) is 17.3 Å². The zero-order valence-corrected chi connectivity index (χ0v) is 20.6. The number of nitrogens with one attached hydrogen (secondary N) is 1. The molecular formula is C27H32FN5OS. The maximum absolute atomic E-state index is 13.4. The third-order valence-electron chi connectivity index (χ3n) is 6.43. The summed E-state index contributed by atoms with van der Waals surface area (Å²) in [4.78, 5) is 7.33. The molecule has 3 N–H and O–H groups in total. The summed E-state index contributed by atoms with van der Waals surface area (Å²) < 4.78 is 21.6. The minimum absolute atomic E-state index is 0.217. The van der Waals surface area contributed by atoms with E-state index in [4.69, 9.17) is 15.1 Å². The fourth-order valence-electron chi connectivity index (χ4n) is 4.60. The molecule has 2 aromatic heterocycles. The van der Waals surface area contributed by atoms with Crippen LogP contribution in [0.1, 0.15) is 29.9 Å². The number of rotatable bonds is 10. The van der Waals surface area contributed by atoms with Crippen LogP contribution >= 0.6 is 11.8 Å². The molecule has 1 fully saturated rings. The zero-order chi connectivity index (χ0) is 24.0. The molecule has 0 atom stereocenters. The summed E-state index contributed by atoms with van der Waals surface area (Å²) in [6.45, 7) is 4.20. The maximum Gasteiger partial charge on any atom is 0.204 e. The predicted molar refractivity (Wildman–Crippen MR) is 141 cm³/mol. The first-order valence-electron chi connectivity index (χ1n) is 12.2. The number of imidazole rings is 1. The first-order valence-corrected chi connectivity index (χ1v) is 13.4. The van der Waals surface area contributed by atoms with Crippen LogP contribution in [0.25, 0.3) is 11.0 Å². The summed E-state index contributed by atoms with van der Waals surface area (Å²) in [5.41, 5.74) is 8.66. The first-order chi connectivity index (χ1) is 17.2. The molecule has 5 rings (SSSR count). The topological polar surface area (TPSA) is 72.2 Å². The molecule has 35 heavy (non-hydrogen) atoms. The Morgan fingerprint density at radius 1 is 1.00 bits per heavy atom. The first kappa shape index (κ1) is 23.9. The molecule has 0 radical (unpaired) electrons. The van der Waals surface area contributed by atoms with Crippen LogP contribution in [-0.4, -0.2) is 45.9 Å². The number of hydrogen-bond acceptors (Lipinski definition) is 6. The van der Waals surface area contributed by atoms with Gasteiger partial charge in [-0.15, -0.1) is 0 Å². The molecular weight excluding hydrogens is 461 g/mol. The Bertz CT molecular complexity index is 1230. The number of anilines is 1. The second-order valence-corrected chi connectivity index (χ2v) is 10.1. The van der Waals surface area contributed by atoms with Crippen molar-refractivity contribution in [2.75, 3.05) is 30.7 Å². The Balaban J connectivity index is 1.20. The van der Waals surface area contributed by atoms with E-state index >= 15 is 0 Å². The lowest BCUT2D eigenvalue weighted by Gasteiger charge is -2.32. The fraction of sp³-hybridized carbons (Fsp3) is 0.370. The van der Waals surface area contributed by atoms with Gasteiger partial charge in [-0.2, -0.15) is 11.8 Å². The van der Waals surface area contributed by atoms with Gasteiger partial charge < -0.3 is 20.0 Å². The number of thioether (sulfide) groups is 1. The monoisotopic (exact) mass is 493 g/mol. The number of halogens is 1. The number of aromatic nitrogens is 2. The number of fused-ring (bicyclic) bond motifs is 1. The number of piperidine rings is 1. The quantitative estimate of drug-likeness (QED) is 0.300. The molecule has 3 heterocycles. The summed E-state index contributed by atoms with van der Waals surface area (Å²) >= 11 is 1.81. The van der Waals surface area contributed by atoms with E-state index in [9.17, 15) is 4.39 Å². The standard InChI is InChI=1S/C27H32FN5OS/c28-21-7-5-20(6-8-21)17-33-26-4-2-1-3-25(26)31-27(33)30-22-11-14-32(15-12-22)18-23-9-10-24(34-23)19-35-16-13-29/h1-10,22H,11-19,29H2,(H,30,31). The van der Waals surface area contributed by atoms with Crippen LogP contribution in [0.3, 0.4) is 0 Å². The van der Waals surface area contributed by atoms with Crippen molar-refractivity contribution in [1.29, 1.82) is 0 Å². The number of nitrogens with two attached hydrogens (primary N) is 1. The predicted octanol–water partition coefficient (Wildman–Crippen LogP) is 5.09. The molecule has 0 amide bonds. The van der Waals surface area contributed by atoms with Gasteiger partial charge in [0.25, 0.3) is 0 Å². The second-order valence-electron chi connectivity index (χ2n) is 9.04. The summed E-state index contributed by atoms with van der Waals surface area (Å²) in [6.07, 6.45) is 2.08. The molecule has 8 heteroatoms. The third-order valence-corrected chi connectivity index (χ3v) is 7.45. The Kier molecular flexibility index (Phi) is 7.71. The largest absolute Gasteiger partial charge is 0.464 e. The number of benzene rings is 2. The molecule has 1 saturated heterocycles. The highest BCUT2D eigenvalue weighted by atomic mass is 32.2. The van der Waals surface area contributed by atoms with Gasteiger partial charge in [-0.05, 0) is 54.8 Å². The minimum Gasteiger partial charge on any atom is -0.464 e. The molecule has 0 aliphatic carbocycles. The van der Waals surface area contributed by atoms with E-state index in [-0.39, 0.29) is 5.82 Å². The van der Waals surface area contributed by atoms with Crippen LogP contribution in [-0.2, 0) is 18.8 Å². The van der Waals surface area contributed by atoms with E-state index in [1.165, 1.54) is 12.1 Å². The Labute approximate surface area is 209 Å². The number of nitrogens with zero attached hydrogens (tertiary/aromatic N) is 3. The normalized spacial score (nSPS) is 15.1. The van der Waals surface area contributed by atoms with Crippen molar-refractivity contribution in [3.8, 4) is 0 Å². The van der Waals surface area contributed by atoms with Gasteiger partial charge in [-0.1, -0.05) is 24.3 Å². The maximum atomic E-state index is 13.4. The molecule has 0 bridgehead atoms. The lowest BCUT2D eigenvalue weighted by atomic mass is 10.1. The molecule has 6 nitrogen and oxygen atoms in total. The molecule has 0 saturated carbocycles. The van der Waals surface area contributed by atoms with E-state index in [1.54, 1.807) is 11.8 Å². The fourth-order valence-corrected chi connectivity index (χ4v) is 5.26. The second kappa shape index (κ2) is 11.3. The van der Waals surface area contributed by atoms with Gasteiger partial charge in [0.15, 0.2) is 0 Å². The molecule has 0 unspecified atom stereocenters. The molecule has 1 aliphatic rings. The number of likely N-dealkylation sites (tertiary alicyclic amines) is 1. The van der Waals surface area contributed by atoms with Crippen molar-refractivity contribution in [1.82, 2.24) is 14.5 Å². The summed E-state index contributed by atoms with van der Waals surface area (Å²) in [5.74, 6) is 4.54. The Morgan fingerprint density at radius 3 is 2.57 bits per heavy atom. The lowest BCUT2D eigenvalue weighted by Crippen LogP contribution is -2.39. The summed E-state index contributed by atoms with van der Waals surface area (Å²) in [6, 6.07) is 19.4. The summed E-state index contributed by atoms with van der Waals surface area (Å²) in [5, 5.41) is 3.70. The van der Waals surface area contributed by atoms with Crippen molar-refractivity contribution in [3.05, 3.63) is 83.6 Å². The number of hydrogen-bond donors (Lipinski definition) is 2. The van der Waals surface area contributed by atoms with Crippen LogP contribution < -0.4 is 11.1 Å². The van der Waals surface area contributed by atoms with E-state index in [0.717, 1.165) is 78.0 Å². The average Bonchev–Trinajstić information content (AvgIpc) is 3.46. The van der Waals surface area contributed by atoms with Crippen molar-refractivity contribution < 1.29 is 8.81 Å². The number of furan rings is 1. The van der Waals surface area contributed by atoms with Gasteiger partial charge in [0.05, 0.1) is 29.9 Å². The van der Waals surface area contributed by atoms with E-state index in [1.807, 2.05) is 30.3 Å². The molecule has 184 valence electrons. The molecule has 2 aromatic carbocycles. The van der Waals surface area contributed by atoms with E-state index in [2.05, 4.69) is 33.0 Å². The molecule has 4 aromatic rings. The molecule has 0 spiro atoms. The van der Waals surface area contributed by atoms with Crippen molar-refractivity contribution in [3.63, 3.8) is 0 Å². The van der Waals surface area contributed by atoms with Crippen molar-refractivity contribution in [2.24, 2.45) is 5.73 Å². The average molecular weight is 494 g/mol. The molecule has 1 aliphatic heterocycles. The van der Waals surface area contributed by atoms with Gasteiger partial charge in [0, 0.05) is 31.4 Å². The van der Waals surface area contributed by atoms with Crippen LogP contribution in [0.15, 0.2) is 65.1 Å². The van der Waals surface area contributed by atoms with Crippen molar-refractivity contribution >= 4 is 28.7 Å². The highest BCUT2D eigenvalue weighted by molar-refractivity contribution is 7.98. The van der Waals surface area contributed by atoms with Crippen LogP contribution in [0.4, 0.5) is 10.3 Å². The van der Waals surface area contributed by atoms with Gasteiger partial charge in [-0.25, -0.2) is 9.37 Å². The lowest BCUT2D eigenvalue weighted by molar-refractivity contribution is 0.195. The van der Waals surface area contributed by atoms with Crippen molar-refractivity contribution in [2.45, 2.75) is 37.7 Å². The van der Waals surface area contributed by atoms with Gasteiger partial charge >= 0.3 is 0 Å². The van der Waals surface area contributed by atoms with Gasteiger partial charge in [-0.3, -0.25) is 4.90 Å². The Hall–Kier alpha value is -2.81. The number of para-hydroxylation sites is 2.